The fraction of sp³-hybridized carbons (Fsp3) is 0.455. The summed E-state index contributed by atoms with van der Waals surface area (Å²) < 4.78 is 0. The first kappa shape index (κ1) is 16.9. The van der Waals surface area contributed by atoms with Crippen molar-refractivity contribution in [2.24, 2.45) is 5.92 Å². The van der Waals surface area contributed by atoms with E-state index in [0.29, 0.717) is 12.3 Å². The zero-order valence-electron chi connectivity index (χ0n) is 15.6. The molecule has 4 fully saturated rings. The molecule has 2 aromatic rings. The summed E-state index contributed by atoms with van der Waals surface area (Å²) in [6.45, 7) is 6.51. The Hall–Kier alpha value is -2.24. The molecule has 0 aliphatic carbocycles. The van der Waals surface area contributed by atoms with Gasteiger partial charge < -0.3 is 15.1 Å². The van der Waals surface area contributed by atoms with Crippen LogP contribution in [0.1, 0.15) is 11.1 Å². The highest BCUT2D eigenvalue weighted by atomic mass is 16.1. The van der Waals surface area contributed by atoms with Crippen molar-refractivity contribution in [2.75, 3.05) is 39.3 Å². The molecule has 0 radical (unpaired) electrons. The molecule has 4 aliphatic rings. The molecule has 3 atom stereocenters. The number of hydrogen-bond acceptors (Lipinski definition) is 4. The summed E-state index contributed by atoms with van der Waals surface area (Å²) in [5, 5.41) is 3.46. The minimum absolute atomic E-state index is 0.0243. The van der Waals surface area contributed by atoms with Crippen LogP contribution in [0.4, 0.5) is 0 Å². The zero-order chi connectivity index (χ0) is 18.3. The molecular weight excluding hydrogens is 336 g/mol. The molecule has 140 valence electrons. The first-order valence-electron chi connectivity index (χ1n) is 9.91. The van der Waals surface area contributed by atoms with Crippen LogP contribution >= 0.6 is 0 Å². The molecule has 6 rings (SSSR count). The minimum Gasteiger partial charge on any atom is -0.352 e. The summed E-state index contributed by atoms with van der Waals surface area (Å²) in [6, 6.07) is 14.9. The number of amides is 1. The average molecular weight is 362 g/mol. The second-order valence-electron chi connectivity index (χ2n) is 8.34. The third kappa shape index (κ3) is 3.05. The standard InChI is InChI=1S/C22H26N4O/c27-20(11-17-5-4-8-23-12-17)24-21-18-13-25-9-10-26(14-18)16-22(21,15-25)19-6-2-1-3-7-19/h1-8,12,18,21H,9-11,13-16H2,(H,24,27)/t18?,21-,22?/m0/s1. The zero-order valence-corrected chi connectivity index (χ0v) is 15.6. The molecule has 1 amide bonds. The van der Waals surface area contributed by atoms with Gasteiger partial charge >= 0.3 is 0 Å². The number of piperidine rings is 2. The topological polar surface area (TPSA) is 48.5 Å². The maximum atomic E-state index is 12.9. The number of nitrogens with zero attached hydrogens (tertiary/aromatic N) is 3. The van der Waals surface area contributed by atoms with Crippen molar-refractivity contribution in [3.8, 4) is 0 Å². The van der Waals surface area contributed by atoms with Gasteiger partial charge in [0.2, 0.25) is 5.91 Å². The molecule has 0 saturated carbocycles. The van der Waals surface area contributed by atoms with Gasteiger partial charge in [-0.15, -0.1) is 0 Å². The van der Waals surface area contributed by atoms with E-state index in [4.69, 9.17) is 0 Å². The Kier molecular flexibility index (Phi) is 4.21. The van der Waals surface area contributed by atoms with E-state index in [0.717, 1.165) is 44.8 Å². The van der Waals surface area contributed by atoms with Crippen LogP contribution in [-0.2, 0) is 16.6 Å². The van der Waals surface area contributed by atoms with Gasteiger partial charge in [-0.25, -0.2) is 0 Å². The summed E-state index contributed by atoms with van der Waals surface area (Å²) in [5.74, 6) is 0.590. The number of pyridine rings is 1. The summed E-state index contributed by atoms with van der Waals surface area (Å²) in [7, 11) is 0. The third-order valence-corrected chi connectivity index (χ3v) is 6.55. The molecule has 5 nitrogen and oxygen atoms in total. The molecule has 1 aromatic heterocycles. The molecule has 2 unspecified atom stereocenters. The number of carbonyl (C=O) groups is 1. The fourth-order valence-corrected chi connectivity index (χ4v) is 5.48. The Bertz CT molecular complexity index is 794. The predicted octanol–water partition coefficient (Wildman–Crippen LogP) is 1.31. The highest BCUT2D eigenvalue weighted by Crippen LogP contribution is 2.43. The molecule has 4 aliphatic heterocycles. The summed E-state index contributed by atoms with van der Waals surface area (Å²) >= 11 is 0. The highest BCUT2D eigenvalue weighted by molar-refractivity contribution is 5.79. The predicted molar refractivity (Wildman–Crippen MR) is 104 cm³/mol. The van der Waals surface area contributed by atoms with Crippen molar-refractivity contribution in [3.63, 3.8) is 0 Å². The first-order valence-corrected chi connectivity index (χ1v) is 9.91. The maximum absolute atomic E-state index is 12.9. The molecular formula is C22H26N4O. The fourth-order valence-electron chi connectivity index (χ4n) is 5.48. The van der Waals surface area contributed by atoms with Gasteiger partial charge in [-0.05, 0) is 17.2 Å². The van der Waals surface area contributed by atoms with E-state index in [1.54, 1.807) is 12.4 Å². The molecule has 27 heavy (non-hydrogen) atoms. The molecule has 5 heterocycles. The quantitative estimate of drug-likeness (QED) is 0.891. The SMILES string of the molecule is O=C(Cc1cccnc1)N[C@H]1C2CN3CCN(C2)CC1(c1ccccc1)C3. The second-order valence-corrected chi connectivity index (χ2v) is 8.34. The molecule has 1 N–H and O–H groups in total. The smallest absolute Gasteiger partial charge is 0.224 e. The summed E-state index contributed by atoms with van der Waals surface area (Å²) in [6.07, 6.45) is 3.93. The molecule has 0 spiro atoms. The number of hydrogen-bond donors (Lipinski definition) is 1. The van der Waals surface area contributed by atoms with E-state index in [9.17, 15) is 4.79 Å². The lowest BCUT2D eigenvalue weighted by Crippen LogP contribution is -2.70. The van der Waals surface area contributed by atoms with Crippen molar-refractivity contribution < 1.29 is 4.79 Å². The minimum atomic E-state index is -0.0243. The normalized spacial score (nSPS) is 34.2. The average Bonchev–Trinajstić information content (AvgIpc) is 2.94. The van der Waals surface area contributed by atoms with Gasteiger partial charge in [0.05, 0.1) is 6.42 Å². The van der Waals surface area contributed by atoms with Crippen LogP contribution in [0.2, 0.25) is 0 Å². The Balaban J connectivity index is 1.45. The summed E-state index contributed by atoms with van der Waals surface area (Å²) in [5.41, 5.74) is 2.30. The van der Waals surface area contributed by atoms with E-state index in [2.05, 4.69) is 50.4 Å². The van der Waals surface area contributed by atoms with Crippen molar-refractivity contribution in [2.45, 2.75) is 17.9 Å². The van der Waals surface area contributed by atoms with Gasteiger partial charge in [-0.3, -0.25) is 9.78 Å². The van der Waals surface area contributed by atoms with Crippen LogP contribution in [0.15, 0.2) is 54.9 Å². The largest absolute Gasteiger partial charge is 0.352 e. The van der Waals surface area contributed by atoms with Crippen molar-refractivity contribution in [1.82, 2.24) is 20.1 Å². The van der Waals surface area contributed by atoms with Crippen molar-refractivity contribution >= 4 is 5.91 Å². The van der Waals surface area contributed by atoms with Crippen LogP contribution in [0, 0.1) is 5.92 Å². The van der Waals surface area contributed by atoms with Crippen molar-refractivity contribution in [3.05, 3.63) is 66.0 Å². The number of aromatic nitrogens is 1. The number of fused-ring (bicyclic) bond motifs is 1. The van der Waals surface area contributed by atoms with E-state index in [1.165, 1.54) is 5.56 Å². The number of benzene rings is 1. The second kappa shape index (κ2) is 6.73. The van der Waals surface area contributed by atoms with Gasteiger partial charge in [-0.2, -0.15) is 0 Å². The lowest BCUT2D eigenvalue weighted by atomic mass is 9.64. The van der Waals surface area contributed by atoms with Crippen LogP contribution in [-0.4, -0.2) is 66.0 Å². The Morgan fingerprint density at radius 1 is 1.07 bits per heavy atom. The maximum Gasteiger partial charge on any atom is 0.224 e. The van der Waals surface area contributed by atoms with Crippen molar-refractivity contribution in [1.29, 1.82) is 0 Å². The Labute approximate surface area is 160 Å². The van der Waals surface area contributed by atoms with Gasteiger partial charge in [-0.1, -0.05) is 36.4 Å². The van der Waals surface area contributed by atoms with E-state index >= 15 is 0 Å². The van der Waals surface area contributed by atoms with Gasteiger partial charge in [0.1, 0.15) is 0 Å². The van der Waals surface area contributed by atoms with Gasteiger partial charge in [0, 0.05) is 69.0 Å². The number of nitrogens with one attached hydrogen (secondary N) is 1. The van der Waals surface area contributed by atoms with E-state index < -0.39 is 0 Å². The molecule has 1 aromatic carbocycles. The number of carbonyl (C=O) groups excluding carboxylic acids is 1. The van der Waals surface area contributed by atoms with Crippen LogP contribution < -0.4 is 5.32 Å². The monoisotopic (exact) mass is 362 g/mol. The number of rotatable bonds is 4. The molecule has 5 heteroatoms. The van der Waals surface area contributed by atoms with E-state index in [1.807, 2.05) is 12.1 Å². The van der Waals surface area contributed by atoms with Gasteiger partial charge in [0.15, 0.2) is 0 Å². The van der Waals surface area contributed by atoms with Crippen LogP contribution in [0.25, 0.3) is 0 Å². The molecule has 4 saturated heterocycles. The van der Waals surface area contributed by atoms with Crippen LogP contribution in [0.3, 0.4) is 0 Å². The van der Waals surface area contributed by atoms with E-state index in [-0.39, 0.29) is 17.4 Å². The highest BCUT2D eigenvalue weighted by Gasteiger charge is 2.55. The third-order valence-electron chi connectivity index (χ3n) is 6.55. The Morgan fingerprint density at radius 3 is 2.48 bits per heavy atom. The Morgan fingerprint density at radius 2 is 1.81 bits per heavy atom. The first-order chi connectivity index (χ1) is 13.2. The summed E-state index contributed by atoms with van der Waals surface area (Å²) in [4.78, 5) is 22.2. The molecule has 4 bridgehead atoms. The lowest BCUT2D eigenvalue weighted by molar-refractivity contribution is -0.123. The van der Waals surface area contributed by atoms with Crippen LogP contribution in [0.5, 0.6) is 0 Å². The lowest BCUT2D eigenvalue weighted by Gasteiger charge is -2.55. The van der Waals surface area contributed by atoms with Gasteiger partial charge in [0.25, 0.3) is 0 Å².